The maximum absolute atomic E-state index is 13.9. The first-order valence-electron chi connectivity index (χ1n) is 9.65. The zero-order valence-corrected chi connectivity index (χ0v) is 19.6. The molecule has 2 heterocycles. The fraction of sp³-hybridized carbons (Fsp3) is 0.400. The molecule has 3 aromatic rings. The number of thioether (sulfide) groups is 1. The van der Waals surface area contributed by atoms with Crippen LogP contribution in [0.2, 0.25) is 0 Å². The van der Waals surface area contributed by atoms with Crippen molar-refractivity contribution in [1.82, 2.24) is 20.3 Å². The zero-order valence-electron chi connectivity index (χ0n) is 18.0. The van der Waals surface area contributed by atoms with E-state index >= 15 is 0 Å². The van der Waals surface area contributed by atoms with Crippen LogP contribution in [0, 0.1) is 11.6 Å². The number of nitrogens with one attached hydrogen (secondary N) is 2. The molecule has 172 valence electrons. The minimum atomic E-state index is -0.899. The molecule has 0 bridgehead atoms. The SMILES string of the molecule is COc1nc2nc(SCc3cccc(F)c3F)nc(NCCNC(=O)OC(C)(C)C)c2s1. The minimum absolute atomic E-state index is 0.149. The lowest BCUT2D eigenvalue weighted by atomic mass is 10.2. The van der Waals surface area contributed by atoms with Gasteiger partial charge in [-0.15, -0.1) is 0 Å². The first kappa shape index (κ1) is 23.9. The van der Waals surface area contributed by atoms with Crippen LogP contribution in [0.5, 0.6) is 5.19 Å². The minimum Gasteiger partial charge on any atom is -0.473 e. The Morgan fingerprint density at radius 3 is 2.69 bits per heavy atom. The van der Waals surface area contributed by atoms with Crippen LogP contribution in [0.3, 0.4) is 0 Å². The molecule has 0 aliphatic carbocycles. The first-order chi connectivity index (χ1) is 15.2. The standard InChI is InChI=1S/C20H23F2N5O3S2/c1-20(2,3)30-18(28)24-9-8-23-15-14-16(27-19(29-4)32-14)26-17(25-15)31-10-11-6-5-7-12(21)13(11)22/h5-7H,8-10H2,1-4H3,(H,24,28)(H,23,25,26). The van der Waals surface area contributed by atoms with Crippen molar-refractivity contribution in [3.8, 4) is 5.19 Å². The van der Waals surface area contributed by atoms with Crippen molar-refractivity contribution in [1.29, 1.82) is 0 Å². The highest BCUT2D eigenvalue weighted by Gasteiger charge is 2.17. The first-order valence-corrected chi connectivity index (χ1v) is 11.5. The summed E-state index contributed by atoms with van der Waals surface area (Å²) in [6, 6.07) is 4.03. The number of nitrogens with zero attached hydrogens (tertiary/aromatic N) is 3. The van der Waals surface area contributed by atoms with Crippen LogP contribution in [-0.4, -0.2) is 46.8 Å². The summed E-state index contributed by atoms with van der Waals surface area (Å²) in [7, 11) is 1.51. The van der Waals surface area contributed by atoms with Gasteiger partial charge in [0, 0.05) is 24.4 Å². The lowest BCUT2D eigenvalue weighted by Gasteiger charge is -2.19. The van der Waals surface area contributed by atoms with Crippen LogP contribution in [0.25, 0.3) is 10.3 Å². The van der Waals surface area contributed by atoms with Crippen molar-refractivity contribution in [2.75, 3.05) is 25.5 Å². The Hall–Kier alpha value is -2.73. The van der Waals surface area contributed by atoms with Crippen LogP contribution in [0.1, 0.15) is 26.3 Å². The van der Waals surface area contributed by atoms with E-state index in [1.807, 2.05) is 0 Å². The molecule has 12 heteroatoms. The number of amides is 1. The summed E-state index contributed by atoms with van der Waals surface area (Å²) in [6.45, 7) is 6.03. The average Bonchev–Trinajstić information content (AvgIpc) is 3.14. The Kier molecular flexibility index (Phi) is 7.67. The second kappa shape index (κ2) is 10.3. The number of aromatic nitrogens is 3. The number of hydrogen-bond acceptors (Lipinski definition) is 9. The number of methoxy groups -OCH3 is 1. The lowest BCUT2D eigenvalue weighted by Crippen LogP contribution is -2.35. The van der Waals surface area contributed by atoms with Crippen molar-refractivity contribution in [2.24, 2.45) is 0 Å². The van der Waals surface area contributed by atoms with Crippen LogP contribution < -0.4 is 15.4 Å². The molecule has 0 spiro atoms. The van der Waals surface area contributed by atoms with E-state index < -0.39 is 23.3 Å². The highest BCUT2D eigenvalue weighted by Crippen LogP contribution is 2.33. The van der Waals surface area contributed by atoms with Crippen LogP contribution in [0.15, 0.2) is 23.4 Å². The van der Waals surface area contributed by atoms with E-state index in [-0.39, 0.29) is 11.3 Å². The molecular formula is C20H23F2N5O3S2. The van der Waals surface area contributed by atoms with E-state index in [4.69, 9.17) is 9.47 Å². The van der Waals surface area contributed by atoms with Crippen molar-refractivity contribution in [2.45, 2.75) is 37.3 Å². The van der Waals surface area contributed by atoms with Gasteiger partial charge < -0.3 is 20.1 Å². The number of hydrogen-bond donors (Lipinski definition) is 2. The van der Waals surface area contributed by atoms with E-state index in [1.54, 1.807) is 20.8 Å². The van der Waals surface area contributed by atoms with Gasteiger partial charge in [-0.25, -0.2) is 23.5 Å². The van der Waals surface area contributed by atoms with Gasteiger partial charge in [0.1, 0.15) is 10.3 Å². The van der Waals surface area contributed by atoms with Crippen molar-refractivity contribution >= 4 is 45.4 Å². The Morgan fingerprint density at radius 2 is 1.97 bits per heavy atom. The fourth-order valence-corrected chi connectivity index (χ4v) is 4.12. The summed E-state index contributed by atoms with van der Waals surface area (Å²) in [5, 5.41) is 6.57. The highest BCUT2D eigenvalue weighted by molar-refractivity contribution is 7.98. The normalized spacial score (nSPS) is 11.4. The third-order valence-corrected chi connectivity index (χ3v) is 5.77. The van der Waals surface area contributed by atoms with Crippen molar-refractivity contribution in [3.63, 3.8) is 0 Å². The number of ether oxygens (including phenoxy) is 2. The zero-order chi connectivity index (χ0) is 23.3. The van der Waals surface area contributed by atoms with Gasteiger partial charge >= 0.3 is 6.09 Å². The number of carbonyl (C=O) groups is 1. The van der Waals surface area contributed by atoms with E-state index in [9.17, 15) is 13.6 Å². The molecule has 0 radical (unpaired) electrons. The molecule has 32 heavy (non-hydrogen) atoms. The van der Waals surface area contributed by atoms with E-state index in [2.05, 4.69) is 25.6 Å². The number of benzene rings is 1. The molecule has 0 saturated heterocycles. The lowest BCUT2D eigenvalue weighted by molar-refractivity contribution is 0.0530. The predicted octanol–water partition coefficient (Wildman–Crippen LogP) is 4.60. The number of alkyl carbamates (subject to hydrolysis) is 1. The van der Waals surface area contributed by atoms with Crippen LogP contribution in [-0.2, 0) is 10.5 Å². The number of carbonyl (C=O) groups excluding carboxylic acids is 1. The smallest absolute Gasteiger partial charge is 0.407 e. The summed E-state index contributed by atoms with van der Waals surface area (Å²) < 4.78 is 38.5. The molecule has 0 aliphatic rings. The van der Waals surface area contributed by atoms with Crippen molar-refractivity contribution in [3.05, 3.63) is 35.4 Å². The molecular weight excluding hydrogens is 460 g/mol. The van der Waals surface area contributed by atoms with Gasteiger partial charge in [0.05, 0.1) is 7.11 Å². The molecule has 3 rings (SSSR count). The molecule has 1 aromatic carbocycles. The second-order valence-electron chi connectivity index (χ2n) is 7.55. The topological polar surface area (TPSA) is 98.3 Å². The van der Waals surface area contributed by atoms with Gasteiger partial charge in [0.2, 0.25) is 0 Å². The number of anilines is 1. The summed E-state index contributed by atoms with van der Waals surface area (Å²) in [4.78, 5) is 25.0. The summed E-state index contributed by atoms with van der Waals surface area (Å²) in [6.07, 6.45) is -0.514. The third-order valence-electron chi connectivity index (χ3n) is 3.86. The fourth-order valence-electron chi connectivity index (χ4n) is 2.52. The van der Waals surface area contributed by atoms with Gasteiger partial charge in [-0.1, -0.05) is 35.2 Å². The number of thiazole rings is 1. The van der Waals surface area contributed by atoms with E-state index in [0.29, 0.717) is 39.6 Å². The molecule has 1 amide bonds. The quantitative estimate of drug-likeness (QED) is 0.273. The molecule has 0 aliphatic heterocycles. The summed E-state index contributed by atoms with van der Waals surface area (Å²) >= 11 is 2.43. The largest absolute Gasteiger partial charge is 0.473 e. The molecule has 8 nitrogen and oxygen atoms in total. The maximum Gasteiger partial charge on any atom is 0.407 e. The molecule has 0 saturated carbocycles. The monoisotopic (exact) mass is 483 g/mol. The maximum atomic E-state index is 13.9. The van der Waals surface area contributed by atoms with E-state index in [0.717, 1.165) is 17.8 Å². The summed E-state index contributed by atoms with van der Waals surface area (Å²) in [5.74, 6) is -1.13. The molecule has 2 N–H and O–H groups in total. The Balaban J connectivity index is 1.71. The number of halogens is 2. The molecule has 0 atom stereocenters. The Morgan fingerprint density at radius 1 is 1.19 bits per heavy atom. The molecule has 0 fully saturated rings. The van der Waals surface area contributed by atoms with Gasteiger partial charge in [0.25, 0.3) is 5.19 Å². The molecule has 2 aromatic heterocycles. The van der Waals surface area contributed by atoms with E-state index in [1.165, 1.54) is 30.6 Å². The van der Waals surface area contributed by atoms with Gasteiger partial charge in [0.15, 0.2) is 28.3 Å². The van der Waals surface area contributed by atoms with Gasteiger partial charge in [-0.2, -0.15) is 4.98 Å². The second-order valence-corrected chi connectivity index (χ2v) is 9.45. The van der Waals surface area contributed by atoms with Crippen LogP contribution in [0.4, 0.5) is 19.4 Å². The molecule has 0 unspecified atom stereocenters. The third kappa shape index (κ3) is 6.39. The average molecular weight is 484 g/mol. The Labute approximate surface area is 192 Å². The summed E-state index contributed by atoms with van der Waals surface area (Å²) in [5.41, 5.74) is 0.0558. The van der Waals surface area contributed by atoms with Crippen molar-refractivity contribution < 1.29 is 23.0 Å². The Bertz CT molecular complexity index is 1100. The highest BCUT2D eigenvalue weighted by atomic mass is 32.2. The van der Waals surface area contributed by atoms with Crippen LogP contribution >= 0.6 is 23.1 Å². The predicted molar refractivity (Wildman–Crippen MR) is 120 cm³/mol. The number of fused-ring (bicyclic) bond motifs is 1. The van der Waals surface area contributed by atoms with Gasteiger partial charge in [-0.05, 0) is 26.8 Å². The number of rotatable bonds is 8. The van der Waals surface area contributed by atoms with Gasteiger partial charge in [-0.3, -0.25) is 0 Å².